The van der Waals surface area contributed by atoms with Gasteiger partial charge in [0.2, 0.25) is 0 Å². The van der Waals surface area contributed by atoms with Crippen LogP contribution in [-0.2, 0) is 0 Å². The van der Waals surface area contributed by atoms with Crippen LogP contribution in [0.1, 0.15) is 24.1 Å². The van der Waals surface area contributed by atoms with E-state index in [-0.39, 0.29) is 6.04 Å². The lowest BCUT2D eigenvalue weighted by Crippen LogP contribution is -2.23. The summed E-state index contributed by atoms with van der Waals surface area (Å²) in [6.07, 6.45) is 0. The lowest BCUT2D eigenvalue weighted by atomic mass is 10.1. The summed E-state index contributed by atoms with van der Waals surface area (Å²) < 4.78 is 0. The molecule has 20 heavy (non-hydrogen) atoms. The van der Waals surface area contributed by atoms with Gasteiger partial charge in [0.25, 0.3) is 0 Å². The number of benzene rings is 1. The van der Waals surface area contributed by atoms with E-state index >= 15 is 0 Å². The summed E-state index contributed by atoms with van der Waals surface area (Å²) >= 11 is 12.2. The van der Waals surface area contributed by atoms with Gasteiger partial charge in [0.1, 0.15) is 11.0 Å². The Bertz CT molecular complexity index is 664. The molecular formula is C15H13Cl2N3. The topological polar surface area (TPSA) is 39.9 Å². The Morgan fingerprint density at radius 3 is 2.60 bits per heavy atom. The van der Waals surface area contributed by atoms with Crippen LogP contribution in [0.5, 0.6) is 0 Å². The highest BCUT2D eigenvalue weighted by atomic mass is 35.5. The first-order valence-corrected chi connectivity index (χ1v) is 6.83. The molecule has 0 aliphatic heterocycles. The molecule has 5 heteroatoms. The summed E-state index contributed by atoms with van der Waals surface area (Å²) in [5.74, 6) is 0.640. The molecule has 0 aliphatic rings. The largest absolute Gasteiger partial charge is 0.353 e. The first-order valence-electron chi connectivity index (χ1n) is 6.08. The summed E-state index contributed by atoms with van der Waals surface area (Å²) in [5, 5.41) is 10.00. The van der Waals surface area contributed by atoms with Crippen LogP contribution in [0.3, 0.4) is 0 Å². The van der Waals surface area contributed by atoms with Gasteiger partial charge >= 0.3 is 0 Å². The molecule has 0 spiro atoms. The van der Waals surface area contributed by atoms with Gasteiger partial charge in [0.15, 0.2) is 0 Å². The van der Waals surface area contributed by atoms with Crippen LogP contribution in [0.15, 0.2) is 36.4 Å². The van der Waals surface area contributed by atoms with Crippen LogP contribution in [0.2, 0.25) is 10.2 Å². The number of hydrogen-bond donors (Lipinski definition) is 0. The minimum absolute atomic E-state index is 0.0150. The van der Waals surface area contributed by atoms with Crippen LogP contribution in [-0.4, -0.2) is 12.0 Å². The molecule has 2 rings (SSSR count). The SMILES string of the molecule is CC(c1ccccc1Cl)N(C)c1cc(C#N)cc(Cl)n1. The molecule has 1 atom stereocenters. The molecule has 1 unspecified atom stereocenters. The Balaban J connectivity index is 2.36. The van der Waals surface area contributed by atoms with Gasteiger partial charge in [-0.2, -0.15) is 5.26 Å². The predicted molar refractivity (Wildman–Crippen MR) is 82.2 cm³/mol. The van der Waals surface area contributed by atoms with Gasteiger partial charge in [-0.15, -0.1) is 0 Å². The number of pyridine rings is 1. The third kappa shape index (κ3) is 3.04. The van der Waals surface area contributed by atoms with Gasteiger partial charge < -0.3 is 4.90 Å². The number of anilines is 1. The van der Waals surface area contributed by atoms with E-state index in [2.05, 4.69) is 11.1 Å². The van der Waals surface area contributed by atoms with Crippen molar-refractivity contribution >= 4 is 29.0 Å². The number of rotatable bonds is 3. The van der Waals surface area contributed by atoms with Gasteiger partial charge in [-0.05, 0) is 30.7 Å². The molecule has 0 fully saturated rings. The van der Waals surface area contributed by atoms with E-state index in [1.165, 1.54) is 0 Å². The molecule has 3 nitrogen and oxygen atoms in total. The van der Waals surface area contributed by atoms with E-state index in [1.807, 2.05) is 43.1 Å². The monoisotopic (exact) mass is 305 g/mol. The Kier molecular flexibility index (Phi) is 4.49. The summed E-state index contributed by atoms with van der Waals surface area (Å²) in [6, 6.07) is 13.0. The van der Waals surface area contributed by atoms with Crippen LogP contribution in [0.4, 0.5) is 5.82 Å². The van der Waals surface area contributed by atoms with E-state index in [0.717, 1.165) is 5.56 Å². The van der Waals surface area contributed by atoms with Crippen molar-refractivity contribution in [2.45, 2.75) is 13.0 Å². The minimum atomic E-state index is 0.0150. The Labute approximate surface area is 128 Å². The van der Waals surface area contributed by atoms with Gasteiger partial charge in [-0.1, -0.05) is 41.4 Å². The van der Waals surface area contributed by atoms with Gasteiger partial charge in [0.05, 0.1) is 17.7 Å². The molecule has 0 saturated carbocycles. The van der Waals surface area contributed by atoms with Crippen molar-refractivity contribution in [3.05, 3.63) is 57.7 Å². The second-order valence-electron chi connectivity index (χ2n) is 4.46. The molecule has 2 aromatic rings. The first kappa shape index (κ1) is 14.6. The van der Waals surface area contributed by atoms with Gasteiger partial charge in [-0.25, -0.2) is 4.98 Å². The number of hydrogen-bond acceptors (Lipinski definition) is 3. The maximum atomic E-state index is 8.99. The maximum Gasteiger partial charge on any atom is 0.132 e. The fourth-order valence-corrected chi connectivity index (χ4v) is 2.45. The fourth-order valence-electron chi connectivity index (χ4n) is 1.95. The Morgan fingerprint density at radius 1 is 1.25 bits per heavy atom. The number of halogens is 2. The maximum absolute atomic E-state index is 8.99. The predicted octanol–water partition coefficient (Wildman–Crippen LogP) is 4.46. The second-order valence-corrected chi connectivity index (χ2v) is 5.25. The molecule has 1 aromatic carbocycles. The van der Waals surface area contributed by atoms with Crippen LogP contribution in [0.25, 0.3) is 0 Å². The van der Waals surface area contributed by atoms with E-state index in [0.29, 0.717) is 21.6 Å². The first-order chi connectivity index (χ1) is 9.52. The second kappa shape index (κ2) is 6.13. The molecule has 1 aromatic heterocycles. The molecular weight excluding hydrogens is 293 g/mol. The van der Waals surface area contributed by atoms with Crippen molar-refractivity contribution in [1.29, 1.82) is 5.26 Å². The average molecular weight is 306 g/mol. The number of aromatic nitrogens is 1. The van der Waals surface area contributed by atoms with E-state index in [4.69, 9.17) is 28.5 Å². The van der Waals surface area contributed by atoms with E-state index in [9.17, 15) is 0 Å². The van der Waals surface area contributed by atoms with E-state index in [1.54, 1.807) is 12.1 Å². The molecule has 0 radical (unpaired) electrons. The summed E-state index contributed by atoms with van der Waals surface area (Å²) in [7, 11) is 1.90. The van der Waals surface area contributed by atoms with Crippen molar-refractivity contribution in [2.75, 3.05) is 11.9 Å². The fraction of sp³-hybridized carbons (Fsp3) is 0.200. The molecule has 0 amide bonds. The molecule has 0 N–H and O–H groups in total. The lowest BCUT2D eigenvalue weighted by molar-refractivity contribution is 0.729. The van der Waals surface area contributed by atoms with Gasteiger partial charge in [-0.3, -0.25) is 0 Å². The summed E-state index contributed by atoms with van der Waals surface area (Å²) in [4.78, 5) is 6.19. The zero-order valence-corrected chi connectivity index (χ0v) is 12.7. The molecule has 0 aliphatic carbocycles. The molecule has 0 saturated heterocycles. The summed E-state index contributed by atoms with van der Waals surface area (Å²) in [5.41, 5.74) is 1.48. The zero-order valence-electron chi connectivity index (χ0n) is 11.1. The van der Waals surface area contributed by atoms with Crippen LogP contribution < -0.4 is 4.90 Å². The smallest absolute Gasteiger partial charge is 0.132 e. The standard InChI is InChI=1S/C15H13Cl2N3/c1-10(12-5-3-4-6-13(12)16)20(2)15-8-11(9-18)7-14(17)19-15/h3-8,10H,1-2H3. The van der Waals surface area contributed by atoms with Crippen LogP contribution >= 0.6 is 23.2 Å². The Hall–Kier alpha value is -1.76. The normalized spacial score (nSPS) is 11.8. The third-order valence-electron chi connectivity index (χ3n) is 3.21. The zero-order chi connectivity index (χ0) is 14.7. The highest BCUT2D eigenvalue weighted by molar-refractivity contribution is 6.31. The van der Waals surface area contributed by atoms with Gasteiger partial charge in [0, 0.05) is 12.1 Å². The lowest BCUT2D eigenvalue weighted by Gasteiger charge is -2.27. The van der Waals surface area contributed by atoms with Crippen molar-refractivity contribution in [3.63, 3.8) is 0 Å². The minimum Gasteiger partial charge on any atom is -0.353 e. The molecule has 102 valence electrons. The number of nitriles is 1. The summed E-state index contributed by atoms with van der Waals surface area (Å²) in [6.45, 7) is 2.02. The molecule has 0 bridgehead atoms. The van der Waals surface area contributed by atoms with Crippen LogP contribution in [0, 0.1) is 11.3 Å². The van der Waals surface area contributed by atoms with Crippen molar-refractivity contribution < 1.29 is 0 Å². The third-order valence-corrected chi connectivity index (χ3v) is 3.75. The Morgan fingerprint density at radius 2 is 1.95 bits per heavy atom. The van der Waals surface area contributed by atoms with Crippen molar-refractivity contribution in [3.8, 4) is 6.07 Å². The number of nitrogens with zero attached hydrogens (tertiary/aromatic N) is 3. The highest BCUT2D eigenvalue weighted by Crippen LogP contribution is 2.29. The van der Waals surface area contributed by atoms with E-state index < -0.39 is 0 Å². The highest BCUT2D eigenvalue weighted by Gasteiger charge is 2.16. The van der Waals surface area contributed by atoms with Crippen molar-refractivity contribution in [1.82, 2.24) is 4.98 Å². The average Bonchev–Trinajstić information content (AvgIpc) is 2.45. The van der Waals surface area contributed by atoms with Crippen molar-refractivity contribution in [2.24, 2.45) is 0 Å². The quantitative estimate of drug-likeness (QED) is 0.786. The molecule has 1 heterocycles.